The molecule has 0 aliphatic rings. The number of anilines is 1. The highest BCUT2D eigenvalue weighted by molar-refractivity contribution is 7.88. The van der Waals surface area contributed by atoms with Gasteiger partial charge in [0.05, 0.1) is 5.75 Å². The zero-order valence-electron chi connectivity index (χ0n) is 16.2. The van der Waals surface area contributed by atoms with Gasteiger partial charge in [0.15, 0.2) is 5.82 Å². The van der Waals surface area contributed by atoms with Crippen LogP contribution >= 0.6 is 0 Å². The molecule has 0 aliphatic carbocycles. The van der Waals surface area contributed by atoms with Crippen molar-refractivity contribution in [2.75, 3.05) is 5.32 Å². The van der Waals surface area contributed by atoms with Crippen LogP contribution in [-0.2, 0) is 26.0 Å². The Morgan fingerprint density at radius 1 is 1.22 bits per heavy atom. The predicted molar refractivity (Wildman–Crippen MR) is 107 cm³/mol. The van der Waals surface area contributed by atoms with Gasteiger partial charge in [-0.1, -0.05) is 64.4 Å². The molecule has 0 aliphatic heterocycles. The highest BCUT2D eigenvalue weighted by Gasteiger charge is 2.25. The lowest BCUT2D eigenvalue weighted by molar-refractivity contribution is -0.117. The molecular weight excluding hydrogens is 364 g/mol. The first kappa shape index (κ1) is 21.1. The summed E-state index contributed by atoms with van der Waals surface area (Å²) in [5.41, 5.74) is 1.42. The zero-order chi connectivity index (χ0) is 20.1. The summed E-state index contributed by atoms with van der Waals surface area (Å²) >= 11 is 0. The van der Waals surface area contributed by atoms with E-state index in [0.29, 0.717) is 24.2 Å². The fourth-order valence-corrected chi connectivity index (χ4v) is 3.94. The number of carbonyl (C=O) groups excluding carboxylic acids is 1. The molecule has 2 rings (SSSR count). The number of amides is 1. The van der Waals surface area contributed by atoms with Crippen LogP contribution in [0.1, 0.15) is 51.8 Å². The fourth-order valence-electron chi connectivity index (χ4n) is 2.57. The van der Waals surface area contributed by atoms with Gasteiger partial charge >= 0.3 is 0 Å². The van der Waals surface area contributed by atoms with Crippen molar-refractivity contribution in [2.24, 2.45) is 0 Å². The lowest BCUT2D eigenvalue weighted by Gasteiger charge is -2.17. The standard InChI is InChI=1S/C19H28N4O3S/c1-5-9-15(23-27(25,26)13-14-10-7-6-8-11-14)18(24)20-17-12-16(21-22-17)19(2,3)4/h6-8,10-12,15,23H,5,9,13H2,1-4H3,(H2,20,21,22,24). The van der Waals surface area contributed by atoms with Gasteiger partial charge in [-0.3, -0.25) is 9.89 Å². The van der Waals surface area contributed by atoms with E-state index in [1.807, 2.05) is 33.8 Å². The number of nitrogens with one attached hydrogen (secondary N) is 3. The number of sulfonamides is 1. The molecule has 1 amide bonds. The van der Waals surface area contributed by atoms with Crippen LogP contribution in [0.3, 0.4) is 0 Å². The van der Waals surface area contributed by atoms with Crippen molar-refractivity contribution in [3.05, 3.63) is 47.7 Å². The Hall–Kier alpha value is -2.19. The Balaban J connectivity index is 2.07. The highest BCUT2D eigenvalue weighted by Crippen LogP contribution is 2.22. The van der Waals surface area contributed by atoms with Gasteiger partial charge in [0.2, 0.25) is 15.9 Å². The SMILES string of the molecule is CCCC(NS(=O)(=O)Cc1ccccc1)C(=O)Nc1cc(C(C)(C)C)[nH]n1. The second kappa shape index (κ2) is 8.67. The molecule has 0 bridgehead atoms. The van der Waals surface area contributed by atoms with Gasteiger partial charge in [-0.2, -0.15) is 5.10 Å². The molecule has 0 saturated heterocycles. The zero-order valence-corrected chi connectivity index (χ0v) is 17.1. The average molecular weight is 393 g/mol. The number of hydrogen-bond donors (Lipinski definition) is 3. The summed E-state index contributed by atoms with van der Waals surface area (Å²) in [6, 6.07) is 9.79. The van der Waals surface area contributed by atoms with Gasteiger partial charge in [-0.05, 0) is 12.0 Å². The van der Waals surface area contributed by atoms with E-state index in [0.717, 1.165) is 5.69 Å². The van der Waals surface area contributed by atoms with Crippen LogP contribution in [0.25, 0.3) is 0 Å². The minimum atomic E-state index is -3.65. The van der Waals surface area contributed by atoms with E-state index < -0.39 is 22.0 Å². The van der Waals surface area contributed by atoms with Crippen molar-refractivity contribution >= 4 is 21.7 Å². The molecule has 0 fully saturated rings. The molecule has 1 aromatic heterocycles. The number of rotatable bonds is 8. The number of nitrogens with zero attached hydrogens (tertiary/aromatic N) is 1. The molecule has 0 spiro atoms. The summed E-state index contributed by atoms with van der Waals surface area (Å²) in [7, 11) is -3.65. The summed E-state index contributed by atoms with van der Waals surface area (Å²) < 4.78 is 27.5. The largest absolute Gasteiger partial charge is 0.308 e. The van der Waals surface area contributed by atoms with Gasteiger partial charge in [0.25, 0.3) is 0 Å². The molecule has 0 saturated carbocycles. The number of H-pyrrole nitrogens is 1. The molecule has 0 radical (unpaired) electrons. The number of aromatic amines is 1. The lowest BCUT2D eigenvalue weighted by atomic mass is 9.92. The van der Waals surface area contributed by atoms with Gasteiger partial charge < -0.3 is 5.32 Å². The Bertz CT molecular complexity index is 855. The van der Waals surface area contributed by atoms with E-state index >= 15 is 0 Å². The minimum absolute atomic E-state index is 0.129. The monoisotopic (exact) mass is 392 g/mol. The maximum atomic E-state index is 12.6. The molecule has 3 N–H and O–H groups in total. The quantitative estimate of drug-likeness (QED) is 0.642. The van der Waals surface area contributed by atoms with Crippen LogP contribution in [0.15, 0.2) is 36.4 Å². The van der Waals surface area contributed by atoms with Crippen molar-refractivity contribution in [2.45, 2.75) is 57.7 Å². The molecule has 2 aromatic rings. The third kappa shape index (κ3) is 6.48. The smallest absolute Gasteiger partial charge is 0.243 e. The average Bonchev–Trinajstić information content (AvgIpc) is 3.03. The van der Waals surface area contributed by atoms with Crippen LogP contribution in [0.2, 0.25) is 0 Å². The van der Waals surface area contributed by atoms with Gasteiger partial charge in [0, 0.05) is 17.2 Å². The van der Waals surface area contributed by atoms with E-state index in [1.54, 1.807) is 30.3 Å². The molecule has 27 heavy (non-hydrogen) atoms. The molecule has 1 aromatic carbocycles. The number of carbonyl (C=O) groups is 1. The molecular formula is C19H28N4O3S. The van der Waals surface area contributed by atoms with Crippen molar-refractivity contribution in [3.8, 4) is 0 Å². The third-order valence-electron chi connectivity index (χ3n) is 4.05. The summed E-state index contributed by atoms with van der Waals surface area (Å²) in [6.45, 7) is 8.00. The first-order valence-electron chi connectivity index (χ1n) is 9.01. The second-order valence-corrected chi connectivity index (χ2v) is 9.36. The molecule has 1 atom stereocenters. The summed E-state index contributed by atoms with van der Waals surface area (Å²) in [5, 5.41) is 9.69. The Labute approximate surface area is 161 Å². The van der Waals surface area contributed by atoms with E-state index in [4.69, 9.17) is 0 Å². The van der Waals surface area contributed by atoms with Crippen molar-refractivity contribution in [1.82, 2.24) is 14.9 Å². The van der Waals surface area contributed by atoms with Crippen molar-refractivity contribution < 1.29 is 13.2 Å². The second-order valence-electron chi connectivity index (χ2n) is 7.61. The number of aromatic nitrogens is 2. The van der Waals surface area contributed by atoms with Crippen LogP contribution < -0.4 is 10.0 Å². The van der Waals surface area contributed by atoms with E-state index in [9.17, 15) is 13.2 Å². The first-order valence-corrected chi connectivity index (χ1v) is 10.7. The fraction of sp³-hybridized carbons (Fsp3) is 0.474. The van der Waals surface area contributed by atoms with E-state index in [-0.39, 0.29) is 11.2 Å². The Morgan fingerprint density at radius 2 is 1.89 bits per heavy atom. The third-order valence-corrected chi connectivity index (χ3v) is 5.41. The summed E-state index contributed by atoms with van der Waals surface area (Å²) in [5.74, 6) is -0.202. The molecule has 7 nitrogen and oxygen atoms in total. The lowest BCUT2D eigenvalue weighted by Crippen LogP contribution is -2.44. The predicted octanol–water partition coefficient (Wildman–Crippen LogP) is 2.93. The summed E-state index contributed by atoms with van der Waals surface area (Å²) in [6.07, 6.45) is 1.07. The molecule has 148 valence electrons. The normalized spacial score (nSPS) is 13.3. The van der Waals surface area contributed by atoms with Crippen LogP contribution in [-0.4, -0.2) is 30.6 Å². The number of hydrogen-bond acceptors (Lipinski definition) is 4. The highest BCUT2D eigenvalue weighted by atomic mass is 32.2. The van der Waals surface area contributed by atoms with E-state index in [1.165, 1.54) is 0 Å². The molecule has 1 unspecified atom stereocenters. The van der Waals surface area contributed by atoms with Crippen LogP contribution in [0.4, 0.5) is 5.82 Å². The van der Waals surface area contributed by atoms with Crippen molar-refractivity contribution in [3.63, 3.8) is 0 Å². The van der Waals surface area contributed by atoms with Gasteiger partial charge in [-0.15, -0.1) is 0 Å². The molecule has 1 heterocycles. The summed E-state index contributed by atoms with van der Waals surface area (Å²) in [4.78, 5) is 12.6. The van der Waals surface area contributed by atoms with Crippen LogP contribution in [0, 0.1) is 0 Å². The van der Waals surface area contributed by atoms with E-state index in [2.05, 4.69) is 20.2 Å². The number of benzene rings is 1. The van der Waals surface area contributed by atoms with Crippen LogP contribution in [0.5, 0.6) is 0 Å². The topological polar surface area (TPSA) is 104 Å². The van der Waals surface area contributed by atoms with Gasteiger partial charge in [-0.25, -0.2) is 13.1 Å². The Kier molecular flexibility index (Phi) is 6.78. The van der Waals surface area contributed by atoms with Crippen molar-refractivity contribution in [1.29, 1.82) is 0 Å². The maximum absolute atomic E-state index is 12.6. The maximum Gasteiger partial charge on any atom is 0.243 e. The first-order chi connectivity index (χ1) is 12.6. The molecule has 8 heteroatoms. The van der Waals surface area contributed by atoms with Gasteiger partial charge in [0.1, 0.15) is 6.04 Å². The minimum Gasteiger partial charge on any atom is -0.308 e. The Morgan fingerprint density at radius 3 is 2.44 bits per heavy atom.